The standard InChI is InChI=1S/C14H20N2O5/c1-16(2)12(17)5-6-21-14(18)10-7-9(19-3)8-11(20-4)13(10)15/h7-8H,5-6,15H2,1-4H3. The Balaban J connectivity index is 2.80. The molecule has 7 heteroatoms. The molecule has 1 amide bonds. The number of esters is 1. The molecule has 21 heavy (non-hydrogen) atoms. The van der Waals surface area contributed by atoms with Gasteiger partial charge in [-0.05, 0) is 6.07 Å². The average molecular weight is 296 g/mol. The molecule has 0 heterocycles. The Morgan fingerprint density at radius 2 is 1.86 bits per heavy atom. The number of methoxy groups -OCH3 is 2. The van der Waals surface area contributed by atoms with Crippen molar-refractivity contribution >= 4 is 17.6 Å². The third-order valence-corrected chi connectivity index (χ3v) is 2.84. The van der Waals surface area contributed by atoms with Gasteiger partial charge >= 0.3 is 5.97 Å². The van der Waals surface area contributed by atoms with Crippen molar-refractivity contribution in [2.75, 3.05) is 40.7 Å². The molecule has 0 aromatic heterocycles. The molecule has 0 fully saturated rings. The molecule has 116 valence electrons. The maximum Gasteiger partial charge on any atom is 0.340 e. The summed E-state index contributed by atoms with van der Waals surface area (Å²) in [6.45, 7) is -0.0190. The molecular formula is C14H20N2O5. The Morgan fingerprint density at radius 3 is 2.38 bits per heavy atom. The Bertz CT molecular complexity index is 528. The largest absolute Gasteiger partial charge is 0.497 e. The molecule has 0 aliphatic carbocycles. The predicted octanol–water partition coefficient (Wildman–Crippen LogP) is 0.921. The summed E-state index contributed by atoms with van der Waals surface area (Å²) < 4.78 is 15.2. The molecule has 0 unspecified atom stereocenters. The predicted molar refractivity (Wildman–Crippen MR) is 77.6 cm³/mol. The lowest BCUT2D eigenvalue weighted by Crippen LogP contribution is -2.23. The number of hydrogen-bond acceptors (Lipinski definition) is 6. The zero-order chi connectivity index (χ0) is 16.0. The molecular weight excluding hydrogens is 276 g/mol. The minimum atomic E-state index is -0.628. The van der Waals surface area contributed by atoms with Crippen molar-refractivity contribution < 1.29 is 23.8 Å². The fraction of sp³-hybridized carbons (Fsp3) is 0.429. The van der Waals surface area contributed by atoms with Crippen LogP contribution in [0.2, 0.25) is 0 Å². The van der Waals surface area contributed by atoms with Gasteiger partial charge in [0.25, 0.3) is 0 Å². The summed E-state index contributed by atoms with van der Waals surface area (Å²) in [4.78, 5) is 24.8. The number of nitrogens with two attached hydrogens (primary N) is 1. The van der Waals surface area contributed by atoms with Crippen LogP contribution in [0.5, 0.6) is 11.5 Å². The summed E-state index contributed by atoms with van der Waals surface area (Å²) >= 11 is 0. The molecule has 0 atom stereocenters. The van der Waals surface area contributed by atoms with Crippen LogP contribution in [-0.4, -0.2) is 51.7 Å². The van der Waals surface area contributed by atoms with E-state index in [0.717, 1.165) is 0 Å². The summed E-state index contributed by atoms with van der Waals surface area (Å²) in [5.41, 5.74) is 6.15. The van der Waals surface area contributed by atoms with Gasteiger partial charge in [-0.3, -0.25) is 4.79 Å². The second-order valence-corrected chi connectivity index (χ2v) is 4.46. The number of amides is 1. The summed E-state index contributed by atoms with van der Waals surface area (Å²) in [6.07, 6.45) is 0.111. The van der Waals surface area contributed by atoms with Gasteiger partial charge in [0.15, 0.2) is 0 Å². The number of anilines is 1. The van der Waals surface area contributed by atoms with Crippen molar-refractivity contribution in [2.45, 2.75) is 6.42 Å². The minimum Gasteiger partial charge on any atom is -0.497 e. The zero-order valence-electron chi connectivity index (χ0n) is 12.6. The van der Waals surface area contributed by atoms with Gasteiger partial charge in [0.05, 0.1) is 31.9 Å². The number of carbonyl (C=O) groups is 2. The molecule has 1 rings (SSSR count). The maximum absolute atomic E-state index is 12.0. The third kappa shape index (κ3) is 4.27. The smallest absolute Gasteiger partial charge is 0.340 e. The number of rotatable bonds is 6. The lowest BCUT2D eigenvalue weighted by Gasteiger charge is -2.13. The second kappa shape index (κ2) is 7.37. The Morgan fingerprint density at radius 1 is 1.19 bits per heavy atom. The van der Waals surface area contributed by atoms with E-state index in [9.17, 15) is 9.59 Å². The summed E-state index contributed by atoms with van der Waals surface area (Å²) in [5, 5.41) is 0. The normalized spacial score (nSPS) is 9.90. The first-order valence-electron chi connectivity index (χ1n) is 6.29. The van der Waals surface area contributed by atoms with E-state index < -0.39 is 5.97 Å². The lowest BCUT2D eigenvalue weighted by molar-refractivity contribution is -0.129. The van der Waals surface area contributed by atoms with E-state index in [1.54, 1.807) is 20.2 Å². The van der Waals surface area contributed by atoms with Gasteiger partial charge in [0.2, 0.25) is 5.91 Å². The molecule has 0 aliphatic heterocycles. The molecule has 1 aromatic rings. The van der Waals surface area contributed by atoms with Gasteiger partial charge in [0.1, 0.15) is 18.1 Å². The molecule has 0 saturated carbocycles. The van der Waals surface area contributed by atoms with E-state index in [-0.39, 0.29) is 30.2 Å². The van der Waals surface area contributed by atoms with Crippen molar-refractivity contribution in [2.24, 2.45) is 0 Å². The van der Waals surface area contributed by atoms with Crippen molar-refractivity contribution in [3.63, 3.8) is 0 Å². The van der Waals surface area contributed by atoms with E-state index in [1.807, 2.05) is 0 Å². The highest BCUT2D eigenvalue weighted by molar-refractivity contribution is 5.97. The highest BCUT2D eigenvalue weighted by atomic mass is 16.5. The molecule has 0 spiro atoms. The highest BCUT2D eigenvalue weighted by Crippen LogP contribution is 2.31. The van der Waals surface area contributed by atoms with Gasteiger partial charge in [-0.15, -0.1) is 0 Å². The molecule has 0 aliphatic rings. The van der Waals surface area contributed by atoms with Crippen molar-refractivity contribution in [1.82, 2.24) is 4.90 Å². The van der Waals surface area contributed by atoms with Crippen LogP contribution in [0.25, 0.3) is 0 Å². The quantitative estimate of drug-likeness (QED) is 0.620. The number of hydrogen-bond donors (Lipinski definition) is 1. The van der Waals surface area contributed by atoms with Crippen LogP contribution in [0.4, 0.5) is 5.69 Å². The first-order valence-corrected chi connectivity index (χ1v) is 6.29. The van der Waals surface area contributed by atoms with Gasteiger partial charge < -0.3 is 24.8 Å². The molecule has 0 saturated heterocycles. The van der Waals surface area contributed by atoms with Crippen molar-refractivity contribution in [3.8, 4) is 11.5 Å². The second-order valence-electron chi connectivity index (χ2n) is 4.46. The van der Waals surface area contributed by atoms with E-state index >= 15 is 0 Å². The van der Waals surface area contributed by atoms with Gasteiger partial charge in [-0.1, -0.05) is 0 Å². The third-order valence-electron chi connectivity index (χ3n) is 2.84. The summed E-state index contributed by atoms with van der Waals surface area (Å²) in [7, 11) is 6.18. The van der Waals surface area contributed by atoms with Crippen LogP contribution in [0.15, 0.2) is 12.1 Å². The van der Waals surface area contributed by atoms with Crippen LogP contribution in [0, 0.1) is 0 Å². The Labute approximate surface area is 123 Å². The van der Waals surface area contributed by atoms with Crippen LogP contribution in [0.1, 0.15) is 16.8 Å². The number of nitrogens with zero attached hydrogens (tertiary/aromatic N) is 1. The van der Waals surface area contributed by atoms with Crippen LogP contribution < -0.4 is 15.2 Å². The number of ether oxygens (including phenoxy) is 3. The monoisotopic (exact) mass is 296 g/mol. The SMILES string of the molecule is COc1cc(OC)c(N)c(C(=O)OCCC(=O)N(C)C)c1. The topological polar surface area (TPSA) is 91.1 Å². The summed E-state index contributed by atoms with van der Waals surface area (Å²) in [6, 6.07) is 3.04. The molecule has 0 bridgehead atoms. The maximum atomic E-state index is 12.0. The van der Waals surface area contributed by atoms with Crippen molar-refractivity contribution in [3.05, 3.63) is 17.7 Å². The van der Waals surface area contributed by atoms with Gasteiger partial charge in [0, 0.05) is 20.2 Å². The lowest BCUT2D eigenvalue weighted by atomic mass is 10.1. The zero-order valence-corrected chi connectivity index (χ0v) is 12.6. The van der Waals surface area contributed by atoms with E-state index in [0.29, 0.717) is 11.5 Å². The van der Waals surface area contributed by atoms with Crippen LogP contribution in [-0.2, 0) is 9.53 Å². The Hall–Kier alpha value is -2.44. The number of benzene rings is 1. The minimum absolute atomic E-state index is 0.0190. The van der Waals surface area contributed by atoms with Crippen LogP contribution >= 0.6 is 0 Å². The molecule has 1 aromatic carbocycles. The Kier molecular flexibility index (Phi) is 5.83. The van der Waals surface area contributed by atoms with Gasteiger partial charge in [-0.2, -0.15) is 0 Å². The average Bonchev–Trinajstić information content (AvgIpc) is 2.46. The molecule has 7 nitrogen and oxygen atoms in total. The van der Waals surface area contributed by atoms with Gasteiger partial charge in [-0.25, -0.2) is 4.79 Å². The fourth-order valence-electron chi connectivity index (χ4n) is 1.59. The first kappa shape index (κ1) is 16.6. The van der Waals surface area contributed by atoms with E-state index in [2.05, 4.69) is 0 Å². The number of carbonyl (C=O) groups excluding carboxylic acids is 2. The summed E-state index contributed by atoms with van der Waals surface area (Å²) in [5.74, 6) is -0.00159. The van der Waals surface area contributed by atoms with Crippen molar-refractivity contribution in [1.29, 1.82) is 0 Å². The highest BCUT2D eigenvalue weighted by Gasteiger charge is 2.17. The van der Waals surface area contributed by atoms with Crippen LogP contribution in [0.3, 0.4) is 0 Å². The van der Waals surface area contributed by atoms with E-state index in [1.165, 1.54) is 25.2 Å². The molecule has 2 N–H and O–H groups in total. The first-order chi connectivity index (χ1) is 9.90. The molecule has 0 radical (unpaired) electrons. The number of nitrogen functional groups attached to an aromatic ring is 1. The van der Waals surface area contributed by atoms with E-state index in [4.69, 9.17) is 19.9 Å². The fourth-order valence-corrected chi connectivity index (χ4v) is 1.59.